The summed E-state index contributed by atoms with van der Waals surface area (Å²) in [5.74, 6) is 0.599. The molecule has 9 heteroatoms. The molecule has 2 rings (SSSR count). The number of aromatic nitrogens is 2. The van der Waals surface area contributed by atoms with Crippen LogP contribution in [0.3, 0.4) is 0 Å². The summed E-state index contributed by atoms with van der Waals surface area (Å²) < 4.78 is 10.6. The second-order valence-corrected chi connectivity index (χ2v) is 5.88. The van der Waals surface area contributed by atoms with Gasteiger partial charge in [-0.1, -0.05) is 11.8 Å². The van der Waals surface area contributed by atoms with Gasteiger partial charge in [0.1, 0.15) is 0 Å². The average molecular weight is 352 g/mol. The van der Waals surface area contributed by atoms with Crippen LogP contribution in [-0.4, -0.2) is 64.2 Å². The topological polar surface area (TPSA) is 92.7 Å². The lowest BCUT2D eigenvalue weighted by Gasteiger charge is -2.22. The van der Waals surface area contributed by atoms with Crippen molar-refractivity contribution in [1.82, 2.24) is 20.0 Å². The zero-order valence-corrected chi connectivity index (χ0v) is 14.7. The van der Waals surface area contributed by atoms with E-state index < -0.39 is 0 Å². The van der Waals surface area contributed by atoms with Gasteiger partial charge in [-0.05, 0) is 26.0 Å². The van der Waals surface area contributed by atoms with Gasteiger partial charge in [0.2, 0.25) is 11.8 Å². The Balaban J connectivity index is 1.83. The van der Waals surface area contributed by atoms with E-state index in [1.165, 1.54) is 11.2 Å². The monoisotopic (exact) mass is 352 g/mol. The first-order valence-electron chi connectivity index (χ1n) is 7.57. The number of likely N-dealkylation sites (N-methyl/N-ethyl adjacent to an activating group) is 2. The van der Waals surface area contributed by atoms with E-state index in [2.05, 4.69) is 10.2 Å². The maximum Gasteiger partial charge on any atom is 0.284 e. The van der Waals surface area contributed by atoms with Crippen molar-refractivity contribution < 1.29 is 18.4 Å². The van der Waals surface area contributed by atoms with Gasteiger partial charge in [-0.25, -0.2) is 0 Å². The zero-order chi connectivity index (χ0) is 17.5. The first kappa shape index (κ1) is 18.1. The van der Waals surface area contributed by atoms with Crippen LogP contribution >= 0.6 is 11.8 Å². The van der Waals surface area contributed by atoms with Gasteiger partial charge in [0, 0.05) is 20.1 Å². The third-order valence-corrected chi connectivity index (χ3v) is 4.18. The predicted octanol–water partition coefficient (Wildman–Crippen LogP) is 1.75. The number of thioether (sulfide) groups is 1. The van der Waals surface area contributed by atoms with E-state index in [0.29, 0.717) is 18.8 Å². The molecule has 24 heavy (non-hydrogen) atoms. The Hall–Kier alpha value is -2.29. The highest BCUT2D eigenvalue weighted by Crippen LogP contribution is 2.23. The molecule has 8 nitrogen and oxygen atoms in total. The summed E-state index contributed by atoms with van der Waals surface area (Å²) >= 11 is 1.12. The van der Waals surface area contributed by atoms with E-state index in [9.17, 15) is 9.59 Å². The molecule has 0 fully saturated rings. The molecule has 2 heterocycles. The van der Waals surface area contributed by atoms with Gasteiger partial charge in [-0.3, -0.25) is 9.59 Å². The summed E-state index contributed by atoms with van der Waals surface area (Å²) in [7, 11) is 1.60. The Bertz CT molecular complexity index is 667. The maximum absolute atomic E-state index is 12.1. The second-order valence-electron chi connectivity index (χ2n) is 4.95. The molecule has 2 aromatic heterocycles. The van der Waals surface area contributed by atoms with Gasteiger partial charge in [0.25, 0.3) is 11.1 Å². The van der Waals surface area contributed by atoms with E-state index in [1.807, 2.05) is 13.8 Å². The fraction of sp³-hybridized carbons (Fsp3) is 0.467. The van der Waals surface area contributed by atoms with Gasteiger partial charge in [0.15, 0.2) is 5.76 Å². The van der Waals surface area contributed by atoms with E-state index >= 15 is 0 Å². The molecule has 0 saturated heterocycles. The van der Waals surface area contributed by atoms with Crippen molar-refractivity contribution in [2.75, 3.05) is 32.4 Å². The van der Waals surface area contributed by atoms with Crippen molar-refractivity contribution in [1.29, 1.82) is 0 Å². The van der Waals surface area contributed by atoms with Crippen molar-refractivity contribution in [3.8, 4) is 11.7 Å². The smallest absolute Gasteiger partial charge is 0.284 e. The minimum Gasteiger partial charge on any atom is -0.459 e. The molecule has 2 aromatic rings. The van der Waals surface area contributed by atoms with Crippen LogP contribution in [0.5, 0.6) is 0 Å². The molecule has 0 radical (unpaired) electrons. The number of amides is 2. The number of rotatable bonds is 8. The molecule has 130 valence electrons. The minimum atomic E-state index is -0.182. The Morgan fingerprint density at radius 3 is 2.58 bits per heavy atom. The maximum atomic E-state index is 12.1. The second kappa shape index (κ2) is 8.53. The highest BCUT2D eigenvalue weighted by Gasteiger charge is 2.18. The molecule has 2 amide bonds. The molecular weight excluding hydrogens is 332 g/mol. The summed E-state index contributed by atoms with van der Waals surface area (Å²) in [5, 5.41) is 7.99. The van der Waals surface area contributed by atoms with Gasteiger partial charge < -0.3 is 18.6 Å². The molecule has 0 aliphatic heterocycles. The van der Waals surface area contributed by atoms with Gasteiger partial charge in [-0.15, -0.1) is 10.2 Å². The number of nitrogens with zero attached hydrogens (tertiary/aromatic N) is 4. The van der Waals surface area contributed by atoms with Crippen LogP contribution < -0.4 is 0 Å². The molecule has 0 spiro atoms. The predicted molar refractivity (Wildman–Crippen MR) is 88.3 cm³/mol. The first-order chi connectivity index (χ1) is 11.5. The molecule has 0 bridgehead atoms. The summed E-state index contributed by atoms with van der Waals surface area (Å²) in [6.07, 6.45) is 1.51. The van der Waals surface area contributed by atoms with Crippen LogP contribution in [0.15, 0.2) is 32.5 Å². The van der Waals surface area contributed by atoms with Crippen molar-refractivity contribution in [3.05, 3.63) is 18.4 Å². The summed E-state index contributed by atoms with van der Waals surface area (Å²) in [5.41, 5.74) is 0. The van der Waals surface area contributed by atoms with Crippen molar-refractivity contribution in [3.63, 3.8) is 0 Å². The number of carbonyl (C=O) groups excluding carboxylic acids is 2. The van der Waals surface area contributed by atoms with E-state index in [4.69, 9.17) is 8.83 Å². The van der Waals surface area contributed by atoms with Gasteiger partial charge in [0.05, 0.1) is 18.6 Å². The standard InChI is InChI=1S/C15H20N4O4S/c1-4-19(5-2)12(20)9-18(3)13(21)10-24-15-17-16-14(23-15)11-7-6-8-22-11/h6-8H,4-5,9-10H2,1-3H3. The molecule has 0 aliphatic carbocycles. The molecule has 0 aliphatic rings. The summed E-state index contributed by atoms with van der Waals surface area (Å²) in [6.45, 7) is 5.13. The number of furan rings is 1. The highest BCUT2D eigenvalue weighted by atomic mass is 32.2. The molecule has 0 atom stereocenters. The first-order valence-corrected chi connectivity index (χ1v) is 8.55. The number of carbonyl (C=O) groups is 2. The van der Waals surface area contributed by atoms with Crippen LogP contribution in [0.2, 0.25) is 0 Å². The number of hydrogen-bond donors (Lipinski definition) is 0. The molecule has 0 saturated carbocycles. The van der Waals surface area contributed by atoms with Crippen LogP contribution in [0.1, 0.15) is 13.8 Å². The fourth-order valence-corrected chi connectivity index (χ4v) is 2.67. The molecule has 0 aromatic carbocycles. The zero-order valence-electron chi connectivity index (χ0n) is 13.9. The largest absolute Gasteiger partial charge is 0.459 e. The van der Waals surface area contributed by atoms with E-state index in [1.54, 1.807) is 24.1 Å². The van der Waals surface area contributed by atoms with Crippen LogP contribution in [0.25, 0.3) is 11.7 Å². The van der Waals surface area contributed by atoms with E-state index in [0.717, 1.165) is 11.8 Å². The Morgan fingerprint density at radius 2 is 1.96 bits per heavy atom. The van der Waals surface area contributed by atoms with Crippen LogP contribution in [0, 0.1) is 0 Å². The highest BCUT2D eigenvalue weighted by molar-refractivity contribution is 7.99. The molecule has 0 N–H and O–H groups in total. The summed E-state index contributed by atoms with van der Waals surface area (Å²) in [4.78, 5) is 27.2. The SMILES string of the molecule is CCN(CC)C(=O)CN(C)C(=O)CSc1nnc(-c2ccco2)o1. The fourth-order valence-electron chi connectivity index (χ4n) is 1.97. The third kappa shape index (κ3) is 4.60. The van der Waals surface area contributed by atoms with Crippen molar-refractivity contribution in [2.24, 2.45) is 0 Å². The Labute approximate surface area is 144 Å². The van der Waals surface area contributed by atoms with Crippen molar-refractivity contribution in [2.45, 2.75) is 19.1 Å². The van der Waals surface area contributed by atoms with Crippen molar-refractivity contribution >= 4 is 23.6 Å². The van der Waals surface area contributed by atoms with Crippen LogP contribution in [-0.2, 0) is 9.59 Å². The third-order valence-electron chi connectivity index (χ3n) is 3.37. The lowest BCUT2D eigenvalue weighted by molar-refractivity contribution is -0.137. The van der Waals surface area contributed by atoms with E-state index in [-0.39, 0.29) is 35.2 Å². The minimum absolute atomic E-state index is 0.0581. The lowest BCUT2D eigenvalue weighted by atomic mass is 10.4. The van der Waals surface area contributed by atoms with Crippen LogP contribution in [0.4, 0.5) is 0 Å². The Kier molecular flexibility index (Phi) is 6.42. The Morgan fingerprint density at radius 1 is 1.21 bits per heavy atom. The lowest BCUT2D eigenvalue weighted by Crippen LogP contribution is -2.41. The summed E-state index contributed by atoms with van der Waals surface area (Å²) in [6, 6.07) is 3.43. The molecule has 0 unspecified atom stereocenters. The quantitative estimate of drug-likeness (QED) is 0.668. The number of hydrogen-bond acceptors (Lipinski definition) is 7. The van der Waals surface area contributed by atoms with Gasteiger partial charge in [-0.2, -0.15) is 0 Å². The normalized spacial score (nSPS) is 10.6. The average Bonchev–Trinajstić information content (AvgIpc) is 3.24. The molecular formula is C15H20N4O4S. The van der Waals surface area contributed by atoms with Gasteiger partial charge >= 0.3 is 0 Å².